The SMILES string of the molecule is Cc1ccc2c(c1)C[C@@H](C)O2. The summed E-state index contributed by atoms with van der Waals surface area (Å²) in [7, 11) is 0. The fraction of sp³-hybridized carbons (Fsp3) is 0.400. The molecule has 0 bridgehead atoms. The molecule has 1 aliphatic heterocycles. The molecule has 1 heteroatoms. The van der Waals surface area contributed by atoms with E-state index in [1.54, 1.807) is 0 Å². The van der Waals surface area contributed by atoms with E-state index in [1.807, 2.05) is 0 Å². The van der Waals surface area contributed by atoms with Crippen molar-refractivity contribution in [2.75, 3.05) is 0 Å². The molecule has 0 aliphatic carbocycles. The van der Waals surface area contributed by atoms with Crippen LogP contribution in [0.2, 0.25) is 0 Å². The zero-order valence-corrected chi connectivity index (χ0v) is 6.92. The Labute approximate surface area is 67.0 Å². The molecule has 11 heavy (non-hydrogen) atoms. The van der Waals surface area contributed by atoms with E-state index in [-0.39, 0.29) is 0 Å². The van der Waals surface area contributed by atoms with Gasteiger partial charge in [-0.3, -0.25) is 0 Å². The Morgan fingerprint density at radius 2 is 2.27 bits per heavy atom. The highest BCUT2D eigenvalue weighted by Crippen LogP contribution is 2.28. The van der Waals surface area contributed by atoms with Crippen LogP contribution in [0, 0.1) is 6.92 Å². The van der Waals surface area contributed by atoms with Gasteiger partial charge in [-0.15, -0.1) is 0 Å². The summed E-state index contributed by atoms with van der Waals surface area (Å²) in [6, 6.07) is 6.36. The van der Waals surface area contributed by atoms with Crippen LogP contribution in [0.4, 0.5) is 0 Å². The number of hydrogen-bond acceptors (Lipinski definition) is 1. The van der Waals surface area contributed by atoms with Gasteiger partial charge in [-0.1, -0.05) is 17.7 Å². The highest BCUT2D eigenvalue weighted by Gasteiger charge is 2.17. The lowest BCUT2D eigenvalue weighted by Crippen LogP contribution is -2.05. The number of hydrogen-bond donors (Lipinski definition) is 0. The van der Waals surface area contributed by atoms with Crippen molar-refractivity contribution in [2.24, 2.45) is 0 Å². The first-order valence-corrected chi connectivity index (χ1v) is 4.02. The maximum atomic E-state index is 5.56. The molecule has 1 heterocycles. The van der Waals surface area contributed by atoms with E-state index in [1.165, 1.54) is 11.1 Å². The third kappa shape index (κ3) is 1.11. The summed E-state index contributed by atoms with van der Waals surface area (Å²) in [4.78, 5) is 0. The van der Waals surface area contributed by atoms with Gasteiger partial charge in [-0.2, -0.15) is 0 Å². The zero-order chi connectivity index (χ0) is 7.84. The molecule has 1 atom stereocenters. The maximum absolute atomic E-state index is 5.56. The van der Waals surface area contributed by atoms with Crippen LogP contribution in [0.25, 0.3) is 0 Å². The molecule has 0 unspecified atom stereocenters. The summed E-state index contributed by atoms with van der Waals surface area (Å²) >= 11 is 0. The monoisotopic (exact) mass is 148 g/mol. The van der Waals surface area contributed by atoms with E-state index >= 15 is 0 Å². The van der Waals surface area contributed by atoms with E-state index in [2.05, 4.69) is 32.0 Å². The van der Waals surface area contributed by atoms with Crippen molar-refractivity contribution in [2.45, 2.75) is 26.4 Å². The Bertz CT molecular complexity index is 278. The lowest BCUT2D eigenvalue weighted by atomic mass is 10.1. The van der Waals surface area contributed by atoms with Crippen LogP contribution < -0.4 is 4.74 Å². The van der Waals surface area contributed by atoms with Crippen LogP contribution in [-0.2, 0) is 6.42 Å². The van der Waals surface area contributed by atoms with Gasteiger partial charge in [0.2, 0.25) is 0 Å². The van der Waals surface area contributed by atoms with Gasteiger partial charge >= 0.3 is 0 Å². The summed E-state index contributed by atoms with van der Waals surface area (Å²) < 4.78 is 5.56. The van der Waals surface area contributed by atoms with Crippen LogP contribution in [0.15, 0.2) is 18.2 Å². The van der Waals surface area contributed by atoms with Crippen LogP contribution in [-0.4, -0.2) is 6.10 Å². The highest BCUT2D eigenvalue weighted by molar-refractivity contribution is 5.40. The Balaban J connectivity index is 2.43. The van der Waals surface area contributed by atoms with Crippen molar-refractivity contribution in [1.82, 2.24) is 0 Å². The molecular formula is C10H12O. The molecule has 0 spiro atoms. The normalized spacial score (nSPS) is 21.1. The Hall–Kier alpha value is -0.980. The summed E-state index contributed by atoms with van der Waals surface area (Å²) in [5.74, 6) is 1.07. The molecule has 0 N–H and O–H groups in total. The van der Waals surface area contributed by atoms with Crippen molar-refractivity contribution in [1.29, 1.82) is 0 Å². The van der Waals surface area contributed by atoms with Gasteiger partial charge in [-0.25, -0.2) is 0 Å². The first kappa shape index (κ1) is 6.71. The van der Waals surface area contributed by atoms with E-state index in [0.717, 1.165) is 12.2 Å². The van der Waals surface area contributed by atoms with E-state index in [0.29, 0.717) is 6.10 Å². The standard InChI is InChI=1S/C10H12O/c1-7-3-4-10-9(5-7)6-8(2)11-10/h3-5,8H,6H2,1-2H3/t8-/m1/s1. The number of ether oxygens (including phenoxy) is 1. The fourth-order valence-corrected chi connectivity index (χ4v) is 1.55. The minimum atomic E-state index is 0.367. The van der Waals surface area contributed by atoms with Crippen molar-refractivity contribution in [3.8, 4) is 5.75 Å². The summed E-state index contributed by atoms with van der Waals surface area (Å²) in [6.45, 7) is 4.22. The molecule has 58 valence electrons. The van der Waals surface area contributed by atoms with Crippen molar-refractivity contribution < 1.29 is 4.74 Å². The van der Waals surface area contributed by atoms with Crippen LogP contribution in [0.3, 0.4) is 0 Å². The lowest BCUT2D eigenvalue weighted by Gasteiger charge is -2.01. The van der Waals surface area contributed by atoms with Gasteiger partial charge in [0.05, 0.1) is 0 Å². The number of aryl methyl sites for hydroxylation is 1. The second-order valence-corrected chi connectivity index (χ2v) is 3.24. The number of rotatable bonds is 0. The molecule has 0 saturated heterocycles. The van der Waals surface area contributed by atoms with Gasteiger partial charge in [0.25, 0.3) is 0 Å². The third-order valence-electron chi connectivity index (χ3n) is 2.05. The minimum Gasteiger partial charge on any atom is -0.490 e. The molecule has 0 amide bonds. The molecule has 0 saturated carbocycles. The first-order chi connectivity index (χ1) is 5.25. The van der Waals surface area contributed by atoms with Gasteiger partial charge in [0.15, 0.2) is 0 Å². The smallest absolute Gasteiger partial charge is 0.123 e. The first-order valence-electron chi connectivity index (χ1n) is 4.02. The zero-order valence-electron chi connectivity index (χ0n) is 6.92. The fourth-order valence-electron chi connectivity index (χ4n) is 1.55. The van der Waals surface area contributed by atoms with Gasteiger partial charge in [0, 0.05) is 6.42 Å². The summed E-state index contributed by atoms with van der Waals surface area (Å²) in [5, 5.41) is 0. The molecule has 1 aromatic carbocycles. The number of fused-ring (bicyclic) bond motifs is 1. The quantitative estimate of drug-likeness (QED) is 0.548. The third-order valence-corrected chi connectivity index (χ3v) is 2.05. The average Bonchev–Trinajstić information content (AvgIpc) is 2.27. The summed E-state index contributed by atoms with van der Waals surface area (Å²) in [6.07, 6.45) is 1.43. The van der Waals surface area contributed by atoms with Crippen LogP contribution >= 0.6 is 0 Å². The molecule has 1 aliphatic rings. The maximum Gasteiger partial charge on any atom is 0.123 e. The summed E-state index contributed by atoms with van der Waals surface area (Å²) in [5.41, 5.74) is 2.68. The lowest BCUT2D eigenvalue weighted by molar-refractivity contribution is 0.254. The average molecular weight is 148 g/mol. The highest BCUT2D eigenvalue weighted by atomic mass is 16.5. The molecule has 0 fully saturated rings. The second-order valence-electron chi connectivity index (χ2n) is 3.24. The molecule has 0 aromatic heterocycles. The van der Waals surface area contributed by atoms with Gasteiger partial charge in [-0.05, 0) is 25.5 Å². The van der Waals surface area contributed by atoms with Crippen molar-refractivity contribution >= 4 is 0 Å². The molecular weight excluding hydrogens is 136 g/mol. The molecule has 2 rings (SSSR count). The van der Waals surface area contributed by atoms with Crippen molar-refractivity contribution in [3.05, 3.63) is 29.3 Å². The minimum absolute atomic E-state index is 0.367. The Morgan fingerprint density at radius 1 is 1.45 bits per heavy atom. The second kappa shape index (κ2) is 2.26. The topological polar surface area (TPSA) is 9.23 Å². The largest absolute Gasteiger partial charge is 0.490 e. The van der Waals surface area contributed by atoms with E-state index in [4.69, 9.17) is 4.74 Å². The Kier molecular flexibility index (Phi) is 1.38. The van der Waals surface area contributed by atoms with Crippen molar-refractivity contribution in [3.63, 3.8) is 0 Å². The van der Waals surface area contributed by atoms with E-state index < -0.39 is 0 Å². The van der Waals surface area contributed by atoms with E-state index in [9.17, 15) is 0 Å². The van der Waals surface area contributed by atoms with Gasteiger partial charge < -0.3 is 4.74 Å². The van der Waals surface area contributed by atoms with Gasteiger partial charge in [0.1, 0.15) is 11.9 Å². The van der Waals surface area contributed by atoms with Crippen LogP contribution in [0.1, 0.15) is 18.1 Å². The predicted molar refractivity (Wildman–Crippen MR) is 45.0 cm³/mol. The predicted octanol–water partition coefficient (Wildman–Crippen LogP) is 2.32. The number of benzene rings is 1. The van der Waals surface area contributed by atoms with Crippen LogP contribution in [0.5, 0.6) is 5.75 Å². The molecule has 0 radical (unpaired) electrons. The molecule has 1 nitrogen and oxygen atoms in total. The molecule has 1 aromatic rings. The Morgan fingerprint density at radius 3 is 3.09 bits per heavy atom.